The summed E-state index contributed by atoms with van der Waals surface area (Å²) in [5.41, 5.74) is 0.160. The molecule has 1 unspecified atom stereocenters. The predicted octanol–water partition coefficient (Wildman–Crippen LogP) is 0.862. The number of amides is 1. The zero-order valence-electron chi connectivity index (χ0n) is 14.0. The average molecular weight is 356 g/mol. The summed E-state index contributed by atoms with van der Waals surface area (Å²) in [4.78, 5) is 12.5. The number of methoxy groups -OCH3 is 1. The standard InChI is InChI=1S/C16H24N2O5S/c1-13(7-10-22-2)17-16(19)14-5-3-4-6-15(14)24(20,21)18-8-11-23-12-9-18/h3-6,13H,7-12H2,1-2H3,(H,17,19). The third-order valence-corrected chi connectivity index (χ3v) is 5.81. The Kier molecular flexibility index (Phi) is 6.73. The van der Waals surface area contributed by atoms with Gasteiger partial charge < -0.3 is 14.8 Å². The van der Waals surface area contributed by atoms with Crippen molar-refractivity contribution in [1.82, 2.24) is 9.62 Å². The number of carbonyl (C=O) groups is 1. The Morgan fingerprint density at radius 1 is 1.33 bits per heavy atom. The molecule has 1 atom stereocenters. The van der Waals surface area contributed by atoms with Crippen LogP contribution in [0.15, 0.2) is 29.2 Å². The van der Waals surface area contributed by atoms with E-state index in [2.05, 4.69) is 5.32 Å². The van der Waals surface area contributed by atoms with E-state index in [0.29, 0.717) is 39.3 Å². The van der Waals surface area contributed by atoms with E-state index in [1.165, 1.54) is 16.4 Å². The summed E-state index contributed by atoms with van der Waals surface area (Å²) < 4.78 is 37.2. The van der Waals surface area contributed by atoms with Crippen LogP contribution in [-0.4, -0.2) is 64.7 Å². The second-order valence-corrected chi connectivity index (χ2v) is 7.57. The van der Waals surface area contributed by atoms with Crippen molar-refractivity contribution in [2.45, 2.75) is 24.3 Å². The molecule has 0 saturated carbocycles. The molecule has 0 aromatic heterocycles. The van der Waals surface area contributed by atoms with Crippen LogP contribution in [-0.2, 0) is 19.5 Å². The van der Waals surface area contributed by atoms with Crippen LogP contribution in [0.2, 0.25) is 0 Å². The van der Waals surface area contributed by atoms with Crippen molar-refractivity contribution >= 4 is 15.9 Å². The van der Waals surface area contributed by atoms with Gasteiger partial charge in [-0.3, -0.25) is 4.79 Å². The molecule has 1 fully saturated rings. The van der Waals surface area contributed by atoms with Gasteiger partial charge in [0.15, 0.2) is 0 Å². The van der Waals surface area contributed by atoms with Crippen molar-refractivity contribution in [3.8, 4) is 0 Å². The van der Waals surface area contributed by atoms with Crippen molar-refractivity contribution in [3.05, 3.63) is 29.8 Å². The first-order valence-corrected chi connectivity index (χ1v) is 9.37. The summed E-state index contributed by atoms with van der Waals surface area (Å²) >= 11 is 0. The maximum atomic E-state index is 12.8. The molecular formula is C16H24N2O5S. The number of benzene rings is 1. The van der Waals surface area contributed by atoms with Gasteiger partial charge in [-0.25, -0.2) is 8.42 Å². The molecule has 1 aromatic rings. The van der Waals surface area contributed by atoms with Gasteiger partial charge in [0.2, 0.25) is 10.0 Å². The largest absolute Gasteiger partial charge is 0.385 e. The Morgan fingerprint density at radius 3 is 2.67 bits per heavy atom. The Balaban J connectivity index is 2.21. The van der Waals surface area contributed by atoms with Crippen molar-refractivity contribution in [3.63, 3.8) is 0 Å². The summed E-state index contributed by atoms with van der Waals surface area (Å²) in [5, 5.41) is 2.82. The molecule has 1 aliphatic rings. The fraction of sp³-hybridized carbons (Fsp3) is 0.562. The number of hydrogen-bond acceptors (Lipinski definition) is 5. The van der Waals surface area contributed by atoms with E-state index < -0.39 is 15.9 Å². The lowest BCUT2D eigenvalue weighted by Crippen LogP contribution is -2.41. The molecule has 2 rings (SSSR count). The Bertz CT molecular complexity index is 656. The molecule has 1 amide bonds. The molecule has 0 radical (unpaired) electrons. The number of rotatable bonds is 7. The van der Waals surface area contributed by atoms with Crippen LogP contribution in [0, 0.1) is 0 Å². The van der Waals surface area contributed by atoms with Crippen LogP contribution in [0.25, 0.3) is 0 Å². The van der Waals surface area contributed by atoms with Gasteiger partial charge in [-0.15, -0.1) is 0 Å². The SMILES string of the molecule is COCCC(C)NC(=O)c1ccccc1S(=O)(=O)N1CCOCC1. The molecule has 1 aromatic carbocycles. The first-order valence-electron chi connectivity index (χ1n) is 7.93. The van der Waals surface area contributed by atoms with Crippen LogP contribution in [0.3, 0.4) is 0 Å². The van der Waals surface area contributed by atoms with Crippen LogP contribution in [0.4, 0.5) is 0 Å². The number of hydrogen-bond donors (Lipinski definition) is 1. The molecule has 0 spiro atoms. The van der Waals surface area contributed by atoms with Gasteiger partial charge in [0.25, 0.3) is 5.91 Å². The van der Waals surface area contributed by atoms with E-state index in [-0.39, 0.29) is 16.5 Å². The lowest BCUT2D eigenvalue weighted by Gasteiger charge is -2.27. The van der Waals surface area contributed by atoms with Gasteiger partial charge in [-0.2, -0.15) is 4.31 Å². The minimum absolute atomic E-state index is 0.0309. The van der Waals surface area contributed by atoms with E-state index >= 15 is 0 Å². The maximum absolute atomic E-state index is 12.8. The monoisotopic (exact) mass is 356 g/mol. The van der Waals surface area contributed by atoms with Crippen LogP contribution >= 0.6 is 0 Å². The molecule has 1 heterocycles. The zero-order chi connectivity index (χ0) is 17.6. The van der Waals surface area contributed by atoms with Gasteiger partial charge in [0.1, 0.15) is 0 Å². The zero-order valence-corrected chi connectivity index (χ0v) is 14.8. The van der Waals surface area contributed by atoms with Crippen LogP contribution < -0.4 is 5.32 Å². The highest BCUT2D eigenvalue weighted by Crippen LogP contribution is 2.21. The first kappa shape index (κ1) is 18.9. The van der Waals surface area contributed by atoms with Gasteiger partial charge >= 0.3 is 0 Å². The molecule has 1 aliphatic heterocycles. The highest BCUT2D eigenvalue weighted by atomic mass is 32.2. The van der Waals surface area contributed by atoms with Crippen molar-refractivity contribution < 1.29 is 22.7 Å². The van der Waals surface area contributed by atoms with E-state index in [0.717, 1.165) is 0 Å². The Labute approximate surface area is 143 Å². The Hall–Kier alpha value is -1.48. The van der Waals surface area contributed by atoms with E-state index in [1.54, 1.807) is 19.2 Å². The van der Waals surface area contributed by atoms with Crippen molar-refractivity contribution in [1.29, 1.82) is 0 Å². The van der Waals surface area contributed by atoms with Gasteiger partial charge in [0.05, 0.1) is 23.7 Å². The van der Waals surface area contributed by atoms with Gasteiger partial charge in [-0.1, -0.05) is 12.1 Å². The van der Waals surface area contributed by atoms with Crippen LogP contribution in [0.5, 0.6) is 0 Å². The smallest absolute Gasteiger partial charge is 0.252 e. The summed E-state index contributed by atoms with van der Waals surface area (Å²) in [5.74, 6) is -0.397. The van der Waals surface area contributed by atoms with E-state index in [4.69, 9.17) is 9.47 Å². The summed E-state index contributed by atoms with van der Waals surface area (Å²) in [7, 11) is -2.13. The lowest BCUT2D eigenvalue weighted by atomic mass is 10.2. The highest BCUT2D eigenvalue weighted by molar-refractivity contribution is 7.89. The molecule has 1 saturated heterocycles. The second kappa shape index (κ2) is 8.57. The minimum atomic E-state index is -3.72. The number of ether oxygens (including phenoxy) is 2. The molecule has 24 heavy (non-hydrogen) atoms. The number of nitrogens with zero attached hydrogens (tertiary/aromatic N) is 1. The molecule has 0 aliphatic carbocycles. The fourth-order valence-corrected chi connectivity index (χ4v) is 4.07. The molecule has 134 valence electrons. The third kappa shape index (κ3) is 4.54. The number of carbonyl (C=O) groups excluding carboxylic acids is 1. The van der Waals surface area contributed by atoms with Gasteiger partial charge in [0, 0.05) is 32.8 Å². The molecular weight excluding hydrogens is 332 g/mol. The third-order valence-electron chi connectivity index (χ3n) is 3.85. The number of nitrogens with one attached hydrogen (secondary N) is 1. The average Bonchev–Trinajstić information content (AvgIpc) is 2.60. The predicted molar refractivity (Wildman–Crippen MR) is 89.4 cm³/mol. The number of sulfonamides is 1. The van der Waals surface area contributed by atoms with Crippen LogP contribution in [0.1, 0.15) is 23.7 Å². The normalized spacial score (nSPS) is 17.4. The second-order valence-electron chi connectivity index (χ2n) is 5.67. The quantitative estimate of drug-likeness (QED) is 0.783. The number of morpholine rings is 1. The summed E-state index contributed by atoms with van der Waals surface area (Å²) in [6.07, 6.45) is 0.653. The molecule has 1 N–H and O–H groups in total. The molecule has 0 bridgehead atoms. The first-order chi connectivity index (χ1) is 11.5. The molecule has 7 nitrogen and oxygen atoms in total. The fourth-order valence-electron chi connectivity index (χ4n) is 2.47. The van der Waals surface area contributed by atoms with Gasteiger partial charge in [-0.05, 0) is 25.5 Å². The molecule has 8 heteroatoms. The van der Waals surface area contributed by atoms with E-state index in [9.17, 15) is 13.2 Å². The minimum Gasteiger partial charge on any atom is -0.385 e. The Morgan fingerprint density at radius 2 is 2.00 bits per heavy atom. The maximum Gasteiger partial charge on any atom is 0.252 e. The van der Waals surface area contributed by atoms with Crippen molar-refractivity contribution in [2.75, 3.05) is 40.0 Å². The van der Waals surface area contributed by atoms with Crippen molar-refractivity contribution in [2.24, 2.45) is 0 Å². The lowest BCUT2D eigenvalue weighted by molar-refractivity contribution is 0.0729. The summed E-state index contributed by atoms with van der Waals surface area (Å²) in [6, 6.07) is 6.17. The highest BCUT2D eigenvalue weighted by Gasteiger charge is 2.30. The van der Waals surface area contributed by atoms with E-state index in [1.807, 2.05) is 6.92 Å². The summed E-state index contributed by atoms with van der Waals surface area (Å²) in [6.45, 7) is 3.69. The topological polar surface area (TPSA) is 84.9 Å².